The molecule has 0 radical (unpaired) electrons. The number of benzene rings is 1. The third-order valence-electron chi connectivity index (χ3n) is 2.69. The van der Waals surface area contributed by atoms with Crippen molar-refractivity contribution in [3.05, 3.63) is 28.2 Å². The second kappa shape index (κ2) is 8.48. The molecule has 0 aliphatic heterocycles. The maximum Gasteiger partial charge on any atom is 0.129 e. The Balaban J connectivity index is 2.19. The van der Waals surface area contributed by atoms with Crippen LogP contribution in [0, 0.1) is 0 Å². The zero-order valence-electron chi connectivity index (χ0n) is 10.9. The Morgan fingerprint density at radius 1 is 1.39 bits per heavy atom. The average Bonchev–Trinajstić information content (AvgIpc) is 2.36. The number of rotatable bonds is 8. The van der Waals surface area contributed by atoms with Gasteiger partial charge in [0, 0.05) is 33.3 Å². The fourth-order valence-electron chi connectivity index (χ4n) is 1.52. The predicted octanol–water partition coefficient (Wildman–Crippen LogP) is 1.82. The van der Waals surface area contributed by atoms with Gasteiger partial charge in [-0.05, 0) is 40.7 Å². The van der Waals surface area contributed by atoms with Crippen LogP contribution in [-0.4, -0.2) is 50.4 Å². The van der Waals surface area contributed by atoms with Crippen molar-refractivity contribution in [2.75, 3.05) is 40.4 Å². The van der Waals surface area contributed by atoms with Gasteiger partial charge in [-0.2, -0.15) is 0 Å². The number of phenolic OH excluding ortho intramolecular Hbond substituents is 1. The minimum absolute atomic E-state index is 0.276. The van der Waals surface area contributed by atoms with Gasteiger partial charge in [-0.15, -0.1) is 0 Å². The summed E-state index contributed by atoms with van der Waals surface area (Å²) in [6.45, 7) is 4.43. The van der Waals surface area contributed by atoms with Crippen molar-refractivity contribution >= 4 is 15.9 Å². The molecule has 0 fully saturated rings. The van der Waals surface area contributed by atoms with E-state index in [4.69, 9.17) is 4.74 Å². The summed E-state index contributed by atoms with van der Waals surface area (Å²) in [6.07, 6.45) is 0. The highest BCUT2D eigenvalue weighted by atomic mass is 79.9. The number of methoxy groups -OCH3 is 1. The maximum atomic E-state index is 9.38. The number of aromatic hydroxyl groups is 1. The molecule has 1 rings (SSSR count). The van der Waals surface area contributed by atoms with Gasteiger partial charge in [-0.3, -0.25) is 0 Å². The molecule has 1 aromatic rings. The number of halogens is 1. The van der Waals surface area contributed by atoms with Crippen LogP contribution in [0.3, 0.4) is 0 Å². The Kier molecular flexibility index (Phi) is 7.27. The lowest BCUT2D eigenvalue weighted by atomic mass is 10.2. The van der Waals surface area contributed by atoms with Gasteiger partial charge in [0.05, 0.1) is 11.1 Å². The highest BCUT2D eigenvalue weighted by Crippen LogP contribution is 2.23. The number of hydrogen-bond acceptors (Lipinski definition) is 4. The molecule has 102 valence electrons. The van der Waals surface area contributed by atoms with Crippen molar-refractivity contribution in [3.63, 3.8) is 0 Å². The van der Waals surface area contributed by atoms with E-state index in [0.29, 0.717) is 0 Å². The van der Waals surface area contributed by atoms with Crippen molar-refractivity contribution < 1.29 is 9.84 Å². The monoisotopic (exact) mass is 316 g/mol. The Bertz CT molecular complexity index is 361. The number of phenols is 1. The molecule has 5 heteroatoms. The van der Waals surface area contributed by atoms with Gasteiger partial charge in [0.25, 0.3) is 0 Å². The van der Waals surface area contributed by atoms with E-state index in [1.54, 1.807) is 13.2 Å². The van der Waals surface area contributed by atoms with Crippen molar-refractivity contribution in [2.45, 2.75) is 6.54 Å². The van der Waals surface area contributed by atoms with E-state index in [0.717, 1.165) is 42.8 Å². The van der Waals surface area contributed by atoms with E-state index >= 15 is 0 Å². The Morgan fingerprint density at radius 3 is 2.83 bits per heavy atom. The lowest BCUT2D eigenvalue weighted by Crippen LogP contribution is -2.31. The highest BCUT2D eigenvalue weighted by molar-refractivity contribution is 9.10. The molecule has 1 aromatic carbocycles. The standard InChI is InChI=1S/C13H21BrN2O2/c1-16(7-8-18-2)6-5-15-10-11-3-4-13(17)12(14)9-11/h3-4,9,15,17H,5-8,10H2,1-2H3. The van der Waals surface area contributed by atoms with Crippen LogP contribution in [0.5, 0.6) is 5.75 Å². The van der Waals surface area contributed by atoms with Gasteiger partial charge in [-0.25, -0.2) is 0 Å². The second-order valence-electron chi connectivity index (χ2n) is 4.26. The fourth-order valence-corrected chi connectivity index (χ4v) is 1.95. The molecule has 18 heavy (non-hydrogen) atoms. The first-order valence-corrected chi connectivity index (χ1v) is 6.78. The Labute approximate surface area is 117 Å². The quantitative estimate of drug-likeness (QED) is 0.718. The molecule has 0 aliphatic rings. The van der Waals surface area contributed by atoms with Gasteiger partial charge in [0.2, 0.25) is 0 Å². The summed E-state index contributed by atoms with van der Waals surface area (Å²) >= 11 is 3.31. The molecule has 0 heterocycles. The van der Waals surface area contributed by atoms with Gasteiger partial charge >= 0.3 is 0 Å². The largest absolute Gasteiger partial charge is 0.507 e. The molecule has 0 saturated heterocycles. The third kappa shape index (κ3) is 5.82. The molecule has 0 spiro atoms. The van der Waals surface area contributed by atoms with Crippen LogP contribution < -0.4 is 5.32 Å². The van der Waals surface area contributed by atoms with Gasteiger partial charge in [0.1, 0.15) is 5.75 Å². The average molecular weight is 317 g/mol. The van der Waals surface area contributed by atoms with Crippen molar-refractivity contribution in [2.24, 2.45) is 0 Å². The van der Waals surface area contributed by atoms with Gasteiger partial charge in [-0.1, -0.05) is 6.07 Å². The first-order valence-electron chi connectivity index (χ1n) is 5.99. The van der Waals surface area contributed by atoms with E-state index in [1.165, 1.54) is 0 Å². The summed E-state index contributed by atoms with van der Waals surface area (Å²) in [5, 5.41) is 12.8. The zero-order chi connectivity index (χ0) is 13.4. The van der Waals surface area contributed by atoms with Crippen LogP contribution in [0.2, 0.25) is 0 Å². The summed E-state index contributed by atoms with van der Waals surface area (Å²) in [5.41, 5.74) is 1.15. The summed E-state index contributed by atoms with van der Waals surface area (Å²) in [4.78, 5) is 2.23. The fraction of sp³-hybridized carbons (Fsp3) is 0.538. The minimum atomic E-state index is 0.276. The van der Waals surface area contributed by atoms with Crippen LogP contribution in [0.1, 0.15) is 5.56 Å². The maximum absolute atomic E-state index is 9.38. The molecular weight excluding hydrogens is 296 g/mol. The smallest absolute Gasteiger partial charge is 0.129 e. The highest BCUT2D eigenvalue weighted by Gasteiger charge is 2.00. The van der Waals surface area contributed by atoms with Crippen LogP contribution >= 0.6 is 15.9 Å². The van der Waals surface area contributed by atoms with E-state index in [2.05, 4.69) is 33.2 Å². The van der Waals surface area contributed by atoms with E-state index < -0.39 is 0 Å². The number of hydrogen-bond donors (Lipinski definition) is 2. The Hall–Kier alpha value is -0.620. The first kappa shape index (κ1) is 15.4. The van der Waals surface area contributed by atoms with E-state index in [1.807, 2.05) is 12.1 Å². The molecule has 0 atom stereocenters. The van der Waals surface area contributed by atoms with E-state index in [9.17, 15) is 5.11 Å². The van der Waals surface area contributed by atoms with Crippen LogP contribution in [0.25, 0.3) is 0 Å². The van der Waals surface area contributed by atoms with Crippen LogP contribution in [0.15, 0.2) is 22.7 Å². The van der Waals surface area contributed by atoms with Crippen molar-refractivity contribution in [1.29, 1.82) is 0 Å². The van der Waals surface area contributed by atoms with E-state index in [-0.39, 0.29) is 5.75 Å². The topological polar surface area (TPSA) is 44.7 Å². The van der Waals surface area contributed by atoms with Crippen molar-refractivity contribution in [3.8, 4) is 5.75 Å². The van der Waals surface area contributed by atoms with Gasteiger partial charge < -0.3 is 20.1 Å². The molecule has 2 N–H and O–H groups in total. The van der Waals surface area contributed by atoms with Gasteiger partial charge in [0.15, 0.2) is 0 Å². The predicted molar refractivity (Wildman–Crippen MR) is 76.9 cm³/mol. The third-order valence-corrected chi connectivity index (χ3v) is 3.32. The summed E-state index contributed by atoms with van der Waals surface area (Å²) in [6, 6.07) is 5.55. The Morgan fingerprint density at radius 2 is 2.17 bits per heavy atom. The second-order valence-corrected chi connectivity index (χ2v) is 5.11. The first-order chi connectivity index (χ1) is 8.63. The summed E-state index contributed by atoms with van der Waals surface area (Å²) in [7, 11) is 3.80. The number of nitrogens with one attached hydrogen (secondary N) is 1. The molecule has 0 amide bonds. The molecular formula is C13H21BrN2O2. The zero-order valence-corrected chi connectivity index (χ0v) is 12.5. The molecule has 0 aliphatic carbocycles. The number of nitrogens with zero attached hydrogens (tertiary/aromatic N) is 1. The molecule has 0 aromatic heterocycles. The lowest BCUT2D eigenvalue weighted by molar-refractivity contribution is 0.161. The molecule has 0 bridgehead atoms. The lowest BCUT2D eigenvalue weighted by Gasteiger charge is -2.16. The summed E-state index contributed by atoms with van der Waals surface area (Å²) in [5.74, 6) is 0.276. The normalized spacial score (nSPS) is 11.1. The van der Waals surface area contributed by atoms with Crippen LogP contribution in [-0.2, 0) is 11.3 Å². The molecule has 4 nitrogen and oxygen atoms in total. The minimum Gasteiger partial charge on any atom is -0.507 e. The molecule has 0 saturated carbocycles. The van der Waals surface area contributed by atoms with Crippen molar-refractivity contribution in [1.82, 2.24) is 10.2 Å². The SMILES string of the molecule is COCCN(C)CCNCc1ccc(O)c(Br)c1. The number of likely N-dealkylation sites (N-methyl/N-ethyl adjacent to an activating group) is 1. The number of ether oxygens (including phenoxy) is 1. The summed E-state index contributed by atoms with van der Waals surface area (Å²) < 4.78 is 5.76. The molecule has 0 unspecified atom stereocenters. The van der Waals surface area contributed by atoms with Crippen LogP contribution in [0.4, 0.5) is 0 Å².